The Morgan fingerprint density at radius 3 is 2.88 bits per heavy atom. The van der Waals surface area contributed by atoms with Crippen molar-refractivity contribution in [1.29, 1.82) is 0 Å². The van der Waals surface area contributed by atoms with Crippen LogP contribution in [-0.4, -0.2) is 23.0 Å². The van der Waals surface area contributed by atoms with Crippen molar-refractivity contribution in [2.75, 3.05) is 10.6 Å². The van der Waals surface area contributed by atoms with Crippen molar-refractivity contribution in [3.8, 4) is 0 Å². The van der Waals surface area contributed by atoms with Crippen molar-refractivity contribution in [1.82, 2.24) is 0 Å². The van der Waals surface area contributed by atoms with E-state index in [1.807, 2.05) is 0 Å². The van der Waals surface area contributed by atoms with Crippen molar-refractivity contribution >= 4 is 34.9 Å². The van der Waals surface area contributed by atoms with Gasteiger partial charge in [0.2, 0.25) is 5.91 Å². The zero-order chi connectivity index (χ0) is 12.6. The second kappa shape index (κ2) is 4.25. The molecule has 0 radical (unpaired) electrons. The third-order valence-electron chi connectivity index (χ3n) is 2.67. The Morgan fingerprint density at radius 1 is 1.53 bits per heavy atom. The summed E-state index contributed by atoms with van der Waals surface area (Å²) in [5.74, 6) is -1.38. The predicted octanol–water partition coefficient (Wildman–Crippen LogP) is 1.86. The zero-order valence-corrected chi connectivity index (χ0v) is 9.84. The van der Waals surface area contributed by atoms with Crippen molar-refractivity contribution in [2.45, 2.75) is 19.4 Å². The first-order valence-corrected chi connectivity index (χ1v) is 5.45. The van der Waals surface area contributed by atoms with E-state index in [0.29, 0.717) is 16.4 Å². The molecule has 0 fully saturated rings. The Hall–Kier alpha value is -1.75. The lowest BCUT2D eigenvalue weighted by Crippen LogP contribution is -2.40. The molecule has 17 heavy (non-hydrogen) atoms. The summed E-state index contributed by atoms with van der Waals surface area (Å²) in [6.07, 6.45) is -0.257. The van der Waals surface area contributed by atoms with Gasteiger partial charge in [0.25, 0.3) is 0 Å². The van der Waals surface area contributed by atoms with E-state index in [1.54, 1.807) is 19.1 Å². The average Bonchev–Trinajstić information content (AvgIpc) is 2.25. The Bertz CT molecular complexity index is 502. The largest absolute Gasteiger partial charge is 0.481 e. The highest BCUT2D eigenvalue weighted by Crippen LogP contribution is 2.34. The van der Waals surface area contributed by atoms with Crippen LogP contribution in [0.2, 0.25) is 5.02 Å². The second-order valence-electron chi connectivity index (χ2n) is 3.88. The molecule has 1 aliphatic rings. The first-order chi connectivity index (χ1) is 7.99. The Morgan fingerprint density at radius 2 is 2.24 bits per heavy atom. The fraction of sp³-hybridized carbons (Fsp3) is 0.273. The minimum atomic E-state index is -1.02. The van der Waals surface area contributed by atoms with Gasteiger partial charge < -0.3 is 15.7 Å². The number of halogens is 1. The summed E-state index contributed by atoms with van der Waals surface area (Å²) in [5, 5.41) is 14.8. The van der Waals surface area contributed by atoms with Gasteiger partial charge in [0.05, 0.1) is 17.8 Å². The normalized spacial score (nSPS) is 18.0. The molecular weight excluding hydrogens is 244 g/mol. The topological polar surface area (TPSA) is 78.4 Å². The molecule has 1 heterocycles. The van der Waals surface area contributed by atoms with Crippen molar-refractivity contribution in [3.63, 3.8) is 0 Å². The minimum Gasteiger partial charge on any atom is -0.481 e. The highest BCUT2D eigenvalue weighted by molar-refractivity contribution is 6.32. The molecule has 1 unspecified atom stereocenters. The van der Waals surface area contributed by atoms with Crippen LogP contribution in [0.1, 0.15) is 12.0 Å². The number of benzene rings is 1. The zero-order valence-electron chi connectivity index (χ0n) is 9.08. The molecular formula is C11H11ClN2O3. The summed E-state index contributed by atoms with van der Waals surface area (Å²) in [6, 6.07) is 2.68. The van der Waals surface area contributed by atoms with Crippen LogP contribution in [0.5, 0.6) is 0 Å². The number of carboxylic acid groups (broad SMARTS) is 1. The van der Waals surface area contributed by atoms with Crippen LogP contribution in [-0.2, 0) is 9.59 Å². The lowest BCUT2D eigenvalue weighted by molar-refractivity contribution is -0.138. The summed E-state index contributed by atoms with van der Waals surface area (Å²) in [4.78, 5) is 22.3. The summed E-state index contributed by atoms with van der Waals surface area (Å²) in [5.41, 5.74) is 2.07. The molecule has 3 N–H and O–H groups in total. The van der Waals surface area contributed by atoms with Gasteiger partial charge >= 0.3 is 5.97 Å². The van der Waals surface area contributed by atoms with Gasteiger partial charge in [-0.15, -0.1) is 0 Å². The molecule has 1 aromatic carbocycles. The molecule has 0 aliphatic carbocycles. The molecule has 0 bridgehead atoms. The predicted molar refractivity (Wildman–Crippen MR) is 64.5 cm³/mol. The standard InChI is InChI=1S/C11H11ClN2O3/c1-5-6(12)2-3-7-10(5)14-11(17)8(13-7)4-9(15)16/h2-3,8,13H,4H2,1H3,(H,14,17)(H,15,16). The number of rotatable bonds is 2. The maximum atomic E-state index is 11.7. The van der Waals surface area contributed by atoms with E-state index < -0.39 is 12.0 Å². The first kappa shape index (κ1) is 11.7. The summed E-state index contributed by atoms with van der Waals surface area (Å²) >= 11 is 5.94. The smallest absolute Gasteiger partial charge is 0.305 e. The van der Waals surface area contributed by atoms with Crippen molar-refractivity contribution in [2.24, 2.45) is 0 Å². The first-order valence-electron chi connectivity index (χ1n) is 5.07. The van der Waals surface area contributed by atoms with E-state index in [0.717, 1.165) is 5.56 Å². The van der Waals surface area contributed by atoms with Gasteiger partial charge in [-0.2, -0.15) is 0 Å². The van der Waals surface area contributed by atoms with Gasteiger partial charge in [-0.1, -0.05) is 11.6 Å². The minimum absolute atomic E-state index is 0.257. The molecule has 90 valence electrons. The molecule has 0 saturated heterocycles. The number of amides is 1. The molecule has 0 spiro atoms. The number of carbonyl (C=O) groups excluding carboxylic acids is 1. The van der Waals surface area contributed by atoms with Gasteiger partial charge in [0.1, 0.15) is 6.04 Å². The molecule has 0 saturated carbocycles. The molecule has 2 rings (SSSR count). The molecule has 1 aromatic rings. The summed E-state index contributed by atoms with van der Waals surface area (Å²) in [7, 11) is 0. The summed E-state index contributed by atoms with van der Waals surface area (Å²) in [6.45, 7) is 1.79. The molecule has 5 nitrogen and oxygen atoms in total. The number of fused-ring (bicyclic) bond motifs is 1. The third kappa shape index (κ3) is 2.19. The lowest BCUT2D eigenvalue weighted by atomic mass is 10.1. The Balaban J connectivity index is 2.33. The van der Waals surface area contributed by atoms with Crippen LogP contribution >= 0.6 is 11.6 Å². The molecule has 1 aliphatic heterocycles. The van der Waals surface area contributed by atoms with Crippen molar-refractivity contribution in [3.05, 3.63) is 22.7 Å². The second-order valence-corrected chi connectivity index (χ2v) is 4.29. The van der Waals surface area contributed by atoms with E-state index in [9.17, 15) is 9.59 Å². The number of hydrogen-bond acceptors (Lipinski definition) is 3. The number of aliphatic carboxylic acids is 1. The maximum Gasteiger partial charge on any atom is 0.305 e. The lowest BCUT2D eigenvalue weighted by Gasteiger charge is -2.27. The molecule has 1 atom stereocenters. The number of nitrogens with one attached hydrogen (secondary N) is 2. The van der Waals surface area contributed by atoms with Crippen LogP contribution in [0, 0.1) is 6.92 Å². The maximum absolute atomic E-state index is 11.7. The fourth-order valence-corrected chi connectivity index (χ4v) is 1.91. The van der Waals surface area contributed by atoms with Gasteiger partial charge in [-0.05, 0) is 24.6 Å². The van der Waals surface area contributed by atoms with Crippen LogP contribution in [0.25, 0.3) is 0 Å². The van der Waals surface area contributed by atoms with Crippen LogP contribution < -0.4 is 10.6 Å². The van der Waals surface area contributed by atoms with E-state index in [1.165, 1.54) is 0 Å². The Kier molecular flexibility index (Phi) is 2.93. The van der Waals surface area contributed by atoms with Gasteiger partial charge in [-0.25, -0.2) is 0 Å². The SMILES string of the molecule is Cc1c(Cl)ccc2c1NC(=O)C(CC(=O)O)N2. The van der Waals surface area contributed by atoms with Crippen molar-refractivity contribution < 1.29 is 14.7 Å². The molecule has 1 amide bonds. The molecule has 6 heteroatoms. The number of carboxylic acids is 1. The number of anilines is 2. The van der Waals surface area contributed by atoms with E-state index in [2.05, 4.69) is 10.6 Å². The number of carbonyl (C=O) groups is 2. The van der Waals surface area contributed by atoms with E-state index >= 15 is 0 Å². The van der Waals surface area contributed by atoms with Gasteiger partial charge in [0.15, 0.2) is 0 Å². The number of hydrogen-bond donors (Lipinski definition) is 3. The monoisotopic (exact) mass is 254 g/mol. The third-order valence-corrected chi connectivity index (χ3v) is 3.08. The quantitative estimate of drug-likeness (QED) is 0.753. The summed E-state index contributed by atoms with van der Waals surface area (Å²) < 4.78 is 0. The van der Waals surface area contributed by atoms with Gasteiger partial charge in [-0.3, -0.25) is 9.59 Å². The Labute approximate surface area is 103 Å². The van der Waals surface area contributed by atoms with Crippen LogP contribution in [0.3, 0.4) is 0 Å². The average molecular weight is 255 g/mol. The van der Waals surface area contributed by atoms with Gasteiger partial charge in [0, 0.05) is 5.02 Å². The van der Waals surface area contributed by atoms with Crippen LogP contribution in [0.4, 0.5) is 11.4 Å². The van der Waals surface area contributed by atoms with E-state index in [-0.39, 0.29) is 12.3 Å². The van der Waals surface area contributed by atoms with Crippen LogP contribution in [0.15, 0.2) is 12.1 Å². The molecule has 0 aromatic heterocycles. The van der Waals surface area contributed by atoms with E-state index in [4.69, 9.17) is 16.7 Å². The highest BCUT2D eigenvalue weighted by Gasteiger charge is 2.28. The highest BCUT2D eigenvalue weighted by atomic mass is 35.5. The fourth-order valence-electron chi connectivity index (χ4n) is 1.75.